The molecule has 0 aromatic heterocycles. The van der Waals surface area contributed by atoms with E-state index in [1.165, 1.54) is 0 Å². The van der Waals surface area contributed by atoms with Crippen molar-refractivity contribution < 1.29 is 36.9 Å². The molecule has 88 valence electrons. The number of hydrogen-bond donors (Lipinski definition) is 3. The van der Waals surface area contributed by atoms with Gasteiger partial charge < -0.3 is 10.8 Å². The monoisotopic (exact) mass is 243 g/mol. The van der Waals surface area contributed by atoms with Crippen LogP contribution in [-0.4, -0.2) is 36.1 Å². The number of carbonyl (C=O) groups is 2. The average molecular weight is 243 g/mol. The molecule has 15 heavy (non-hydrogen) atoms. The number of hydrogen-bond acceptors (Lipinski definition) is 7. The molecule has 0 saturated carbocycles. The summed E-state index contributed by atoms with van der Waals surface area (Å²) in [5.74, 6) is -2.47. The van der Waals surface area contributed by atoms with E-state index >= 15 is 0 Å². The van der Waals surface area contributed by atoms with Gasteiger partial charge in [-0.2, -0.15) is 8.42 Å². The highest BCUT2D eigenvalue weighted by Gasteiger charge is 2.20. The Labute approximate surface area is 84.7 Å². The quantitative estimate of drug-likeness (QED) is 0.286. The van der Waals surface area contributed by atoms with Crippen molar-refractivity contribution in [3.05, 3.63) is 0 Å². The van der Waals surface area contributed by atoms with Crippen molar-refractivity contribution in [3.8, 4) is 0 Å². The van der Waals surface area contributed by atoms with Crippen LogP contribution >= 0.6 is 0 Å². The highest BCUT2D eigenvalue weighted by atomic mass is 32.3. The summed E-state index contributed by atoms with van der Waals surface area (Å²) in [5.41, 5.74) is 5.10. The van der Waals surface area contributed by atoms with Crippen molar-refractivity contribution in [3.63, 3.8) is 0 Å². The maximum atomic E-state index is 10.8. The zero-order chi connectivity index (χ0) is 12.1. The van der Waals surface area contributed by atoms with E-state index in [0.29, 0.717) is 0 Å². The molecule has 0 heterocycles. The summed E-state index contributed by atoms with van der Waals surface area (Å²) in [7, 11) is -4.90. The third kappa shape index (κ3) is 7.81. The molecule has 0 amide bonds. The maximum absolute atomic E-state index is 10.8. The standard InChI is InChI=1S/C5H9NO8S/c6-3(1-2-4(7)8)5(9)13-14-15(10,11)12/h3H,1-2,6H2,(H,7,8)(H,10,11,12)/t3-/m0/s1. The van der Waals surface area contributed by atoms with Crippen LogP contribution in [0, 0.1) is 0 Å². The summed E-state index contributed by atoms with van der Waals surface area (Å²) >= 11 is 0. The Bertz CT molecular complexity index is 335. The molecule has 0 aliphatic carbocycles. The predicted molar refractivity (Wildman–Crippen MR) is 43.6 cm³/mol. The van der Waals surface area contributed by atoms with Crippen LogP contribution in [0.1, 0.15) is 12.8 Å². The van der Waals surface area contributed by atoms with Gasteiger partial charge in [-0.15, -0.1) is 0 Å². The van der Waals surface area contributed by atoms with E-state index in [9.17, 15) is 18.0 Å². The van der Waals surface area contributed by atoms with Crippen LogP contribution in [0.4, 0.5) is 0 Å². The molecule has 0 aromatic carbocycles. The fourth-order valence-electron chi connectivity index (χ4n) is 0.535. The number of aliphatic carboxylic acids is 1. The molecule has 10 heteroatoms. The topological polar surface area (TPSA) is 153 Å². The molecule has 0 unspecified atom stereocenters. The lowest BCUT2D eigenvalue weighted by molar-refractivity contribution is -0.216. The first-order valence-electron chi connectivity index (χ1n) is 3.57. The highest BCUT2D eigenvalue weighted by Crippen LogP contribution is 1.99. The third-order valence-electron chi connectivity index (χ3n) is 1.17. The number of carboxylic acid groups (broad SMARTS) is 1. The first-order chi connectivity index (χ1) is 6.72. The molecule has 0 spiro atoms. The fourth-order valence-corrected chi connectivity index (χ4v) is 0.688. The van der Waals surface area contributed by atoms with Gasteiger partial charge in [0.2, 0.25) is 0 Å². The van der Waals surface area contributed by atoms with Gasteiger partial charge in [-0.3, -0.25) is 14.2 Å². The number of carboxylic acids is 1. The Balaban J connectivity index is 3.95. The van der Waals surface area contributed by atoms with Gasteiger partial charge in [0.15, 0.2) is 0 Å². The second-order valence-electron chi connectivity index (χ2n) is 2.44. The molecule has 0 bridgehead atoms. The molecule has 1 atom stereocenters. The minimum atomic E-state index is -4.90. The first kappa shape index (κ1) is 13.8. The molecule has 0 aliphatic heterocycles. The van der Waals surface area contributed by atoms with Crippen LogP contribution in [0.2, 0.25) is 0 Å². The molecule has 0 fully saturated rings. The SMILES string of the molecule is N[C@@H](CCC(=O)O)C(=O)OOS(=O)(=O)O. The summed E-state index contributed by atoms with van der Waals surface area (Å²) < 4.78 is 31.2. The minimum Gasteiger partial charge on any atom is -0.481 e. The van der Waals surface area contributed by atoms with E-state index < -0.39 is 28.4 Å². The van der Waals surface area contributed by atoms with Gasteiger partial charge >= 0.3 is 22.3 Å². The zero-order valence-corrected chi connectivity index (χ0v) is 8.14. The molecular formula is C5H9NO8S. The predicted octanol–water partition coefficient (Wildman–Crippen LogP) is -1.54. The van der Waals surface area contributed by atoms with Crippen LogP contribution in [0.15, 0.2) is 0 Å². The van der Waals surface area contributed by atoms with Crippen molar-refractivity contribution in [2.24, 2.45) is 5.73 Å². The highest BCUT2D eigenvalue weighted by molar-refractivity contribution is 7.80. The lowest BCUT2D eigenvalue weighted by atomic mass is 10.2. The van der Waals surface area contributed by atoms with Gasteiger partial charge in [0.05, 0.1) is 0 Å². The van der Waals surface area contributed by atoms with Gasteiger partial charge in [-0.25, -0.2) is 4.79 Å². The van der Waals surface area contributed by atoms with Crippen molar-refractivity contribution >= 4 is 22.3 Å². The Hall–Kier alpha value is -1.23. The van der Waals surface area contributed by atoms with Crippen LogP contribution in [0.5, 0.6) is 0 Å². The van der Waals surface area contributed by atoms with Crippen molar-refractivity contribution in [2.45, 2.75) is 18.9 Å². The smallest absolute Gasteiger partial charge is 0.432 e. The lowest BCUT2D eigenvalue weighted by Crippen LogP contribution is -2.33. The van der Waals surface area contributed by atoms with Crippen molar-refractivity contribution in [1.82, 2.24) is 0 Å². The van der Waals surface area contributed by atoms with Gasteiger partial charge in [-0.1, -0.05) is 0 Å². The summed E-state index contributed by atoms with van der Waals surface area (Å²) in [6.07, 6.45) is -0.634. The summed E-state index contributed by atoms with van der Waals surface area (Å²) in [6.45, 7) is 0. The van der Waals surface area contributed by atoms with Crippen LogP contribution in [-0.2, 0) is 29.2 Å². The lowest BCUT2D eigenvalue weighted by Gasteiger charge is -2.06. The number of rotatable bonds is 6. The Morgan fingerprint density at radius 1 is 1.40 bits per heavy atom. The summed E-state index contributed by atoms with van der Waals surface area (Å²) in [5, 5.41) is 8.23. The first-order valence-corrected chi connectivity index (χ1v) is 4.93. The van der Waals surface area contributed by atoms with E-state index in [1.54, 1.807) is 0 Å². The molecule has 0 rings (SSSR count). The van der Waals surface area contributed by atoms with E-state index in [2.05, 4.69) is 9.22 Å². The van der Waals surface area contributed by atoms with Crippen molar-refractivity contribution in [2.75, 3.05) is 0 Å². The zero-order valence-electron chi connectivity index (χ0n) is 7.32. The van der Waals surface area contributed by atoms with Crippen LogP contribution < -0.4 is 5.73 Å². The van der Waals surface area contributed by atoms with Gasteiger partial charge in [-0.05, 0) is 10.8 Å². The summed E-state index contributed by atoms with van der Waals surface area (Å²) in [6, 6.07) is -1.34. The molecular weight excluding hydrogens is 234 g/mol. The molecule has 0 saturated heterocycles. The average Bonchev–Trinajstić information content (AvgIpc) is 2.08. The largest absolute Gasteiger partial charge is 0.481 e. The molecule has 0 aliphatic rings. The normalized spacial score (nSPS) is 13.2. The second-order valence-corrected chi connectivity index (χ2v) is 3.43. The number of nitrogens with two attached hydrogens (primary N) is 1. The molecule has 9 nitrogen and oxygen atoms in total. The Morgan fingerprint density at radius 2 is 1.93 bits per heavy atom. The summed E-state index contributed by atoms with van der Waals surface area (Å²) in [4.78, 5) is 24.4. The van der Waals surface area contributed by atoms with Gasteiger partial charge in [0.1, 0.15) is 6.04 Å². The molecule has 4 N–H and O–H groups in total. The molecule has 0 radical (unpaired) electrons. The molecule has 0 aromatic rings. The van der Waals surface area contributed by atoms with E-state index in [0.717, 1.165) is 0 Å². The fraction of sp³-hybridized carbons (Fsp3) is 0.600. The second kappa shape index (κ2) is 5.60. The Kier molecular flexibility index (Phi) is 5.14. The van der Waals surface area contributed by atoms with Gasteiger partial charge in [0, 0.05) is 6.42 Å². The number of carbonyl (C=O) groups excluding carboxylic acids is 1. The van der Waals surface area contributed by atoms with Gasteiger partial charge in [0.25, 0.3) is 0 Å². The van der Waals surface area contributed by atoms with Crippen molar-refractivity contribution in [1.29, 1.82) is 0 Å². The van der Waals surface area contributed by atoms with E-state index in [-0.39, 0.29) is 12.8 Å². The third-order valence-corrected chi connectivity index (χ3v) is 1.41. The minimum absolute atomic E-state index is 0.247. The van der Waals surface area contributed by atoms with Crippen LogP contribution in [0.3, 0.4) is 0 Å². The van der Waals surface area contributed by atoms with Crippen LogP contribution in [0.25, 0.3) is 0 Å². The maximum Gasteiger partial charge on any atom is 0.432 e. The van der Waals surface area contributed by atoms with E-state index in [1.807, 2.05) is 0 Å². The van der Waals surface area contributed by atoms with E-state index in [4.69, 9.17) is 15.4 Å². The Morgan fingerprint density at radius 3 is 2.33 bits per heavy atom.